The molecule has 0 aliphatic heterocycles. The molecule has 1 atom stereocenters. The van der Waals surface area contributed by atoms with Crippen LogP contribution in [0.3, 0.4) is 0 Å². The molecule has 1 amide bonds. The summed E-state index contributed by atoms with van der Waals surface area (Å²) in [4.78, 5) is 12.0. The molecule has 0 aromatic carbocycles. The van der Waals surface area contributed by atoms with Crippen molar-refractivity contribution >= 4 is 17.5 Å². The molecule has 2 rings (SSSR count). The van der Waals surface area contributed by atoms with Gasteiger partial charge < -0.3 is 9.84 Å². The summed E-state index contributed by atoms with van der Waals surface area (Å²) in [5.41, 5.74) is 3.43. The minimum Gasteiger partial charge on any atom is -0.355 e. The van der Waals surface area contributed by atoms with Crippen LogP contribution in [0.5, 0.6) is 0 Å². The van der Waals surface area contributed by atoms with Gasteiger partial charge in [-0.05, 0) is 44.4 Å². The van der Waals surface area contributed by atoms with Gasteiger partial charge in [0.2, 0.25) is 11.1 Å². The Morgan fingerprint density at radius 2 is 2.18 bits per heavy atom. The zero-order valence-corrected chi connectivity index (χ0v) is 14.1. The van der Waals surface area contributed by atoms with E-state index in [-0.39, 0.29) is 23.5 Å². The van der Waals surface area contributed by atoms with Crippen LogP contribution < -0.4 is 5.32 Å². The van der Waals surface area contributed by atoms with E-state index in [4.69, 9.17) is 16.1 Å². The third kappa shape index (κ3) is 4.10. The van der Waals surface area contributed by atoms with Gasteiger partial charge in [-0.3, -0.25) is 9.48 Å². The first-order valence-corrected chi connectivity index (χ1v) is 7.63. The van der Waals surface area contributed by atoms with Crippen molar-refractivity contribution < 1.29 is 9.32 Å². The summed E-state index contributed by atoms with van der Waals surface area (Å²) in [5, 5.41) is 11.3. The minimum atomic E-state index is -0.0894. The van der Waals surface area contributed by atoms with Crippen LogP contribution in [0.1, 0.15) is 29.6 Å². The van der Waals surface area contributed by atoms with E-state index in [2.05, 4.69) is 22.5 Å². The molecule has 0 saturated heterocycles. The Morgan fingerprint density at radius 1 is 1.45 bits per heavy atom. The molecule has 120 valence electrons. The lowest BCUT2D eigenvalue weighted by Crippen LogP contribution is -2.31. The van der Waals surface area contributed by atoms with Gasteiger partial charge in [0.1, 0.15) is 0 Å². The van der Waals surface area contributed by atoms with Crippen LogP contribution in [0.2, 0.25) is 5.22 Å². The number of carbonyl (C=O) groups is 1. The lowest BCUT2D eigenvalue weighted by molar-refractivity contribution is -0.120. The molecule has 0 aliphatic carbocycles. The summed E-state index contributed by atoms with van der Waals surface area (Å²) in [5.74, 6) is 0.189. The Labute approximate surface area is 134 Å². The van der Waals surface area contributed by atoms with Gasteiger partial charge in [0.15, 0.2) is 0 Å². The van der Waals surface area contributed by atoms with Gasteiger partial charge in [-0.15, -0.1) is 0 Å². The highest BCUT2D eigenvalue weighted by Gasteiger charge is 2.15. The van der Waals surface area contributed by atoms with Crippen molar-refractivity contribution in [2.75, 3.05) is 6.54 Å². The van der Waals surface area contributed by atoms with E-state index < -0.39 is 0 Å². The molecule has 0 aliphatic rings. The van der Waals surface area contributed by atoms with Crippen molar-refractivity contribution in [2.45, 2.75) is 40.7 Å². The molecule has 2 aromatic heterocycles. The normalized spacial score (nSPS) is 12.4. The standard InChI is InChI=1S/C15H21ClN4O2/c1-9(8-20-11(3)5-10(2)18-20)7-17-14(21)6-13-12(4)19-22-15(13)16/h5,9H,6-8H2,1-4H3,(H,17,21)/t9-/m0/s1. The van der Waals surface area contributed by atoms with Crippen LogP contribution in [-0.2, 0) is 17.8 Å². The number of aromatic nitrogens is 3. The number of hydrogen-bond donors (Lipinski definition) is 1. The van der Waals surface area contributed by atoms with Crippen LogP contribution in [0, 0.1) is 26.7 Å². The second-order valence-corrected chi connectivity index (χ2v) is 6.06. The monoisotopic (exact) mass is 324 g/mol. The number of nitrogens with zero attached hydrogens (tertiary/aromatic N) is 3. The van der Waals surface area contributed by atoms with Crippen LogP contribution in [0.25, 0.3) is 0 Å². The van der Waals surface area contributed by atoms with Crippen molar-refractivity contribution in [1.29, 1.82) is 0 Å². The third-order valence-electron chi connectivity index (χ3n) is 3.51. The highest BCUT2D eigenvalue weighted by molar-refractivity contribution is 6.29. The van der Waals surface area contributed by atoms with Crippen molar-refractivity contribution in [3.05, 3.63) is 33.9 Å². The molecule has 1 N–H and O–H groups in total. The number of amides is 1. The molecule has 22 heavy (non-hydrogen) atoms. The molecule has 0 bridgehead atoms. The number of aryl methyl sites for hydroxylation is 3. The summed E-state index contributed by atoms with van der Waals surface area (Å²) in [6.45, 7) is 9.20. The highest BCUT2D eigenvalue weighted by Crippen LogP contribution is 2.19. The van der Waals surface area contributed by atoms with E-state index in [1.807, 2.05) is 24.6 Å². The number of rotatable bonds is 6. The topological polar surface area (TPSA) is 73.0 Å². The molecule has 0 spiro atoms. The molecular formula is C15H21ClN4O2. The van der Waals surface area contributed by atoms with E-state index in [9.17, 15) is 4.79 Å². The second-order valence-electron chi connectivity index (χ2n) is 5.72. The van der Waals surface area contributed by atoms with Gasteiger partial charge >= 0.3 is 0 Å². The van der Waals surface area contributed by atoms with Crippen molar-refractivity contribution in [3.8, 4) is 0 Å². The van der Waals surface area contributed by atoms with Gasteiger partial charge in [0.05, 0.1) is 17.8 Å². The first-order valence-electron chi connectivity index (χ1n) is 7.25. The molecule has 6 nitrogen and oxygen atoms in total. The van der Waals surface area contributed by atoms with E-state index in [0.29, 0.717) is 17.8 Å². The Bertz CT molecular complexity index is 643. The van der Waals surface area contributed by atoms with Crippen molar-refractivity contribution in [2.24, 2.45) is 5.92 Å². The lowest BCUT2D eigenvalue weighted by atomic mass is 10.1. The van der Waals surface area contributed by atoms with Crippen molar-refractivity contribution in [1.82, 2.24) is 20.3 Å². The van der Waals surface area contributed by atoms with Gasteiger partial charge in [-0.2, -0.15) is 5.10 Å². The van der Waals surface area contributed by atoms with E-state index in [1.54, 1.807) is 6.92 Å². The predicted octanol–water partition coefficient (Wildman–Crippen LogP) is 2.44. The third-order valence-corrected chi connectivity index (χ3v) is 3.81. The highest BCUT2D eigenvalue weighted by atomic mass is 35.5. The smallest absolute Gasteiger partial charge is 0.229 e. The predicted molar refractivity (Wildman–Crippen MR) is 83.8 cm³/mol. The van der Waals surface area contributed by atoms with Gasteiger partial charge in [0, 0.05) is 24.3 Å². The fourth-order valence-corrected chi connectivity index (χ4v) is 2.53. The summed E-state index contributed by atoms with van der Waals surface area (Å²) in [7, 11) is 0. The van der Waals surface area contributed by atoms with Gasteiger partial charge in [-0.1, -0.05) is 12.1 Å². The molecule has 0 saturated carbocycles. The lowest BCUT2D eigenvalue weighted by Gasteiger charge is -2.14. The summed E-state index contributed by atoms with van der Waals surface area (Å²) < 4.78 is 6.81. The quantitative estimate of drug-likeness (QED) is 0.885. The van der Waals surface area contributed by atoms with E-state index >= 15 is 0 Å². The van der Waals surface area contributed by atoms with E-state index in [0.717, 1.165) is 17.9 Å². The maximum Gasteiger partial charge on any atom is 0.229 e. The first kappa shape index (κ1) is 16.5. The second kappa shape index (κ2) is 6.96. The fraction of sp³-hybridized carbons (Fsp3) is 0.533. The fourth-order valence-electron chi connectivity index (χ4n) is 2.29. The Hall–Kier alpha value is -1.82. The maximum atomic E-state index is 12.0. The molecule has 7 heteroatoms. The average molecular weight is 325 g/mol. The first-order chi connectivity index (χ1) is 10.4. The largest absolute Gasteiger partial charge is 0.355 e. The number of halogens is 1. The number of carbonyl (C=O) groups excluding carboxylic acids is 1. The molecule has 0 radical (unpaired) electrons. The molecule has 0 unspecified atom stereocenters. The SMILES string of the molecule is Cc1cc(C)n(C[C@@H](C)CNC(=O)Cc2c(C)noc2Cl)n1. The van der Waals surface area contributed by atoms with Gasteiger partial charge in [-0.25, -0.2) is 0 Å². The average Bonchev–Trinajstić information content (AvgIpc) is 2.92. The number of nitrogens with one attached hydrogen (secondary N) is 1. The van der Waals surface area contributed by atoms with Crippen LogP contribution >= 0.6 is 11.6 Å². The Kier molecular flexibility index (Phi) is 5.24. The minimum absolute atomic E-state index is 0.0894. The maximum absolute atomic E-state index is 12.0. The Balaban J connectivity index is 1.82. The van der Waals surface area contributed by atoms with Crippen molar-refractivity contribution in [3.63, 3.8) is 0 Å². The zero-order valence-electron chi connectivity index (χ0n) is 13.3. The van der Waals surface area contributed by atoms with Crippen LogP contribution in [0.15, 0.2) is 10.6 Å². The molecule has 2 heterocycles. The summed E-state index contributed by atoms with van der Waals surface area (Å²) >= 11 is 5.86. The molecule has 0 fully saturated rings. The summed E-state index contributed by atoms with van der Waals surface area (Å²) in [6, 6.07) is 2.04. The number of hydrogen-bond acceptors (Lipinski definition) is 4. The van der Waals surface area contributed by atoms with Crippen LogP contribution in [0.4, 0.5) is 0 Å². The summed E-state index contributed by atoms with van der Waals surface area (Å²) in [6.07, 6.45) is 0.181. The van der Waals surface area contributed by atoms with Crippen LogP contribution in [-0.4, -0.2) is 27.4 Å². The molecular weight excluding hydrogens is 304 g/mol. The zero-order chi connectivity index (χ0) is 16.3. The Morgan fingerprint density at radius 3 is 2.73 bits per heavy atom. The molecule has 2 aromatic rings. The van der Waals surface area contributed by atoms with E-state index in [1.165, 1.54) is 0 Å². The van der Waals surface area contributed by atoms with Gasteiger partial charge in [0.25, 0.3) is 0 Å².